The van der Waals surface area contributed by atoms with Crippen molar-refractivity contribution in [2.45, 2.75) is 38.8 Å². The maximum absolute atomic E-state index is 13.9. The molecule has 0 unspecified atom stereocenters. The van der Waals surface area contributed by atoms with Gasteiger partial charge in [-0.3, -0.25) is 4.98 Å². The van der Waals surface area contributed by atoms with Crippen molar-refractivity contribution in [2.24, 2.45) is 0 Å². The van der Waals surface area contributed by atoms with Gasteiger partial charge < -0.3 is 14.6 Å². The van der Waals surface area contributed by atoms with Gasteiger partial charge in [-0.15, -0.1) is 10.2 Å². The molecular weight excluding hydrogens is 321 g/mol. The number of pyridine rings is 1. The number of rotatable bonds is 4. The Morgan fingerprint density at radius 2 is 2.16 bits per heavy atom. The van der Waals surface area contributed by atoms with E-state index in [2.05, 4.69) is 25.1 Å². The van der Waals surface area contributed by atoms with Crippen molar-refractivity contribution in [3.63, 3.8) is 0 Å². The number of fused-ring (bicyclic) bond motifs is 2. The molecule has 25 heavy (non-hydrogen) atoms. The van der Waals surface area contributed by atoms with Crippen LogP contribution in [0.2, 0.25) is 0 Å². The van der Waals surface area contributed by atoms with E-state index >= 15 is 0 Å². The van der Waals surface area contributed by atoms with Crippen molar-refractivity contribution >= 4 is 16.6 Å². The molecule has 1 aromatic carbocycles. The minimum Gasteiger partial charge on any atom is -0.494 e. The predicted octanol–water partition coefficient (Wildman–Crippen LogP) is 3.31. The van der Waals surface area contributed by atoms with Gasteiger partial charge in [0.05, 0.1) is 19.2 Å². The highest BCUT2D eigenvalue weighted by atomic mass is 19.1. The van der Waals surface area contributed by atoms with Crippen LogP contribution in [-0.2, 0) is 19.5 Å². The van der Waals surface area contributed by atoms with Gasteiger partial charge in [0.25, 0.3) is 0 Å². The molecule has 130 valence electrons. The lowest BCUT2D eigenvalue weighted by atomic mass is 10.1. The highest BCUT2D eigenvalue weighted by Crippen LogP contribution is 2.29. The molecule has 0 bridgehead atoms. The zero-order valence-corrected chi connectivity index (χ0v) is 14.1. The summed E-state index contributed by atoms with van der Waals surface area (Å²) < 4.78 is 21.2. The molecule has 0 atom stereocenters. The number of ether oxygens (including phenoxy) is 1. The van der Waals surface area contributed by atoms with Crippen LogP contribution in [0.25, 0.3) is 10.9 Å². The van der Waals surface area contributed by atoms with Gasteiger partial charge in [-0.2, -0.15) is 0 Å². The normalized spacial score (nSPS) is 14.2. The van der Waals surface area contributed by atoms with Crippen molar-refractivity contribution in [1.82, 2.24) is 19.7 Å². The fourth-order valence-electron chi connectivity index (χ4n) is 3.31. The average Bonchev–Trinajstić information content (AvgIpc) is 2.85. The molecule has 0 fully saturated rings. The van der Waals surface area contributed by atoms with Crippen molar-refractivity contribution in [3.8, 4) is 5.75 Å². The minimum absolute atomic E-state index is 0.208. The van der Waals surface area contributed by atoms with Crippen LogP contribution in [0.5, 0.6) is 5.75 Å². The number of anilines is 1. The van der Waals surface area contributed by atoms with Crippen molar-refractivity contribution in [1.29, 1.82) is 0 Å². The molecule has 4 rings (SSSR count). The van der Waals surface area contributed by atoms with Gasteiger partial charge in [0.2, 0.25) is 0 Å². The van der Waals surface area contributed by atoms with Crippen LogP contribution in [0.15, 0.2) is 24.4 Å². The summed E-state index contributed by atoms with van der Waals surface area (Å²) in [6.45, 7) is 1.53. The first kappa shape index (κ1) is 15.8. The van der Waals surface area contributed by atoms with Gasteiger partial charge in [0.15, 0.2) is 17.4 Å². The van der Waals surface area contributed by atoms with E-state index in [1.54, 1.807) is 12.3 Å². The summed E-state index contributed by atoms with van der Waals surface area (Å²) in [5.74, 6) is 1.79. The third kappa shape index (κ3) is 3.01. The predicted molar refractivity (Wildman–Crippen MR) is 93.2 cm³/mol. The average molecular weight is 341 g/mol. The second-order valence-corrected chi connectivity index (χ2v) is 6.21. The molecule has 1 N–H and O–H groups in total. The van der Waals surface area contributed by atoms with E-state index in [0.29, 0.717) is 12.1 Å². The lowest BCUT2D eigenvalue weighted by Gasteiger charge is -2.12. The Kier molecular flexibility index (Phi) is 4.21. The second kappa shape index (κ2) is 6.66. The van der Waals surface area contributed by atoms with Gasteiger partial charge in [-0.05, 0) is 25.0 Å². The molecule has 3 aromatic rings. The maximum atomic E-state index is 13.9. The van der Waals surface area contributed by atoms with Crippen LogP contribution in [0, 0.1) is 5.82 Å². The first-order chi connectivity index (χ1) is 12.3. The monoisotopic (exact) mass is 341 g/mol. The number of hydrogen-bond acceptors (Lipinski definition) is 5. The summed E-state index contributed by atoms with van der Waals surface area (Å²) >= 11 is 0. The van der Waals surface area contributed by atoms with E-state index in [1.165, 1.54) is 26.0 Å². The number of aryl methyl sites for hydroxylation is 1. The van der Waals surface area contributed by atoms with Crippen molar-refractivity contribution in [2.75, 3.05) is 12.4 Å². The molecule has 1 aliphatic heterocycles. The van der Waals surface area contributed by atoms with Crippen LogP contribution in [-0.4, -0.2) is 26.9 Å². The molecule has 7 heteroatoms. The molecule has 0 aliphatic carbocycles. The van der Waals surface area contributed by atoms with Gasteiger partial charge >= 0.3 is 0 Å². The number of nitrogens with one attached hydrogen (secondary N) is 1. The Labute approximate surface area is 145 Å². The zero-order valence-electron chi connectivity index (χ0n) is 14.1. The molecule has 0 radical (unpaired) electrons. The van der Waals surface area contributed by atoms with E-state index in [1.807, 2.05) is 6.07 Å². The van der Waals surface area contributed by atoms with Crippen LogP contribution < -0.4 is 10.1 Å². The van der Waals surface area contributed by atoms with E-state index in [0.717, 1.165) is 42.1 Å². The highest BCUT2D eigenvalue weighted by molar-refractivity contribution is 5.92. The molecule has 0 saturated carbocycles. The summed E-state index contributed by atoms with van der Waals surface area (Å²) in [5, 5.41) is 12.9. The number of aromatic nitrogens is 4. The van der Waals surface area contributed by atoms with Crippen LogP contribution in [0.4, 0.5) is 10.1 Å². The summed E-state index contributed by atoms with van der Waals surface area (Å²) in [6.07, 6.45) is 6.22. The molecule has 1 aliphatic rings. The van der Waals surface area contributed by atoms with Gasteiger partial charge in [0.1, 0.15) is 5.82 Å². The van der Waals surface area contributed by atoms with Crippen LogP contribution in [0.3, 0.4) is 0 Å². The first-order valence-corrected chi connectivity index (χ1v) is 8.53. The minimum atomic E-state index is -0.414. The second-order valence-electron chi connectivity index (χ2n) is 6.21. The van der Waals surface area contributed by atoms with Crippen molar-refractivity contribution in [3.05, 3.63) is 41.9 Å². The van der Waals surface area contributed by atoms with Gasteiger partial charge in [0, 0.05) is 36.3 Å². The standard InChI is InChI=1S/C18H20FN5O/c1-25-16-9-12-14(6-7-20-15(12)10-13(16)19)21-11-18-23-22-17-5-3-2-4-8-24(17)18/h6-7,9-10H,2-5,8,11H2,1H3,(H,20,21). The molecule has 0 amide bonds. The summed E-state index contributed by atoms with van der Waals surface area (Å²) in [4.78, 5) is 4.24. The zero-order chi connectivity index (χ0) is 17.2. The summed E-state index contributed by atoms with van der Waals surface area (Å²) in [5.41, 5.74) is 1.46. The maximum Gasteiger partial charge on any atom is 0.167 e. The number of methoxy groups -OCH3 is 1. The quantitative estimate of drug-likeness (QED) is 0.789. The Hall–Kier alpha value is -2.70. The summed E-state index contributed by atoms with van der Waals surface area (Å²) in [7, 11) is 1.46. The van der Waals surface area contributed by atoms with Crippen LogP contribution in [0.1, 0.15) is 30.9 Å². The largest absolute Gasteiger partial charge is 0.494 e. The number of benzene rings is 1. The fraction of sp³-hybridized carbons (Fsp3) is 0.389. The molecular formula is C18H20FN5O. The molecule has 3 heterocycles. The van der Waals surface area contributed by atoms with Crippen molar-refractivity contribution < 1.29 is 9.13 Å². The third-order valence-electron chi connectivity index (χ3n) is 4.64. The van der Waals surface area contributed by atoms with E-state index in [-0.39, 0.29) is 5.75 Å². The fourth-order valence-corrected chi connectivity index (χ4v) is 3.31. The highest BCUT2D eigenvalue weighted by Gasteiger charge is 2.15. The Bertz CT molecular complexity index is 908. The lowest BCUT2D eigenvalue weighted by Crippen LogP contribution is -2.10. The Morgan fingerprint density at radius 1 is 1.24 bits per heavy atom. The van der Waals surface area contributed by atoms with E-state index < -0.39 is 5.82 Å². The van der Waals surface area contributed by atoms with Gasteiger partial charge in [-0.1, -0.05) is 6.42 Å². The topological polar surface area (TPSA) is 64.9 Å². The number of halogens is 1. The SMILES string of the molecule is COc1cc2c(NCc3nnc4n3CCCCC4)ccnc2cc1F. The Morgan fingerprint density at radius 3 is 3.04 bits per heavy atom. The Balaban J connectivity index is 1.62. The first-order valence-electron chi connectivity index (χ1n) is 8.53. The van der Waals surface area contributed by atoms with E-state index in [4.69, 9.17) is 4.74 Å². The molecule has 0 saturated heterocycles. The van der Waals surface area contributed by atoms with Gasteiger partial charge in [-0.25, -0.2) is 4.39 Å². The lowest BCUT2D eigenvalue weighted by molar-refractivity contribution is 0.387. The molecule has 6 nitrogen and oxygen atoms in total. The molecule has 2 aromatic heterocycles. The van der Waals surface area contributed by atoms with E-state index in [9.17, 15) is 4.39 Å². The smallest absolute Gasteiger partial charge is 0.167 e. The summed E-state index contributed by atoms with van der Waals surface area (Å²) in [6, 6.07) is 4.94. The molecule has 0 spiro atoms. The third-order valence-corrected chi connectivity index (χ3v) is 4.64. The number of hydrogen-bond donors (Lipinski definition) is 1. The number of nitrogens with zero attached hydrogens (tertiary/aromatic N) is 4. The van der Waals surface area contributed by atoms with Crippen LogP contribution >= 0.6 is 0 Å².